The molecule has 0 heterocycles. The van der Waals surface area contributed by atoms with E-state index in [1.54, 1.807) is 14.2 Å². The van der Waals surface area contributed by atoms with E-state index in [-0.39, 0.29) is 19.8 Å². The molecule has 0 saturated carbocycles. The van der Waals surface area contributed by atoms with Gasteiger partial charge in [-0.05, 0) is 0 Å². The first-order chi connectivity index (χ1) is 12.7. The first-order valence-corrected chi connectivity index (χ1v) is 10.2. The standard InChI is InChI=1S/C22H22O3Se/c1-24-18-10-6-8-16(14-18)21(23)22(26-20-12-4-3-5-13-20)17-9-7-11-19(15-17)25-2/h3-15,21-23H,1-2H3/t21-,22-/m0/s1. The fourth-order valence-corrected chi connectivity index (χ4v) is 5.25. The number of hydrogen-bond donors (Lipinski definition) is 1. The Morgan fingerprint density at radius 2 is 1.31 bits per heavy atom. The summed E-state index contributed by atoms with van der Waals surface area (Å²) in [6.45, 7) is 0. The molecule has 1 N–H and O–H groups in total. The second kappa shape index (κ2) is 8.90. The number of methoxy groups -OCH3 is 2. The van der Waals surface area contributed by atoms with Crippen molar-refractivity contribution < 1.29 is 14.6 Å². The molecule has 0 aliphatic heterocycles. The Labute approximate surface area is 160 Å². The molecule has 3 aromatic rings. The van der Waals surface area contributed by atoms with Gasteiger partial charge in [-0.3, -0.25) is 0 Å². The molecule has 0 aliphatic carbocycles. The van der Waals surface area contributed by atoms with E-state index in [1.807, 2.05) is 60.7 Å². The Morgan fingerprint density at radius 1 is 0.731 bits per heavy atom. The minimum absolute atomic E-state index is 0.0351. The van der Waals surface area contributed by atoms with E-state index in [2.05, 4.69) is 18.2 Å². The number of aliphatic hydroxyl groups is 1. The SMILES string of the molecule is COc1cccc([C@H](O)[C@@H]([Se]c2ccccc2)c2cccc(OC)c2)c1. The summed E-state index contributed by atoms with van der Waals surface area (Å²) in [5.74, 6) is 1.55. The molecule has 2 atom stereocenters. The molecule has 0 amide bonds. The molecule has 0 aromatic heterocycles. The van der Waals surface area contributed by atoms with Gasteiger partial charge < -0.3 is 0 Å². The molecule has 0 fully saturated rings. The molecule has 0 aliphatic rings. The van der Waals surface area contributed by atoms with E-state index in [9.17, 15) is 5.11 Å². The Bertz CT molecular complexity index is 836. The van der Waals surface area contributed by atoms with Crippen molar-refractivity contribution in [2.24, 2.45) is 0 Å². The van der Waals surface area contributed by atoms with Crippen LogP contribution in [0.15, 0.2) is 78.9 Å². The zero-order chi connectivity index (χ0) is 18.4. The third-order valence-corrected chi connectivity index (χ3v) is 6.94. The van der Waals surface area contributed by atoms with Crippen LogP contribution >= 0.6 is 0 Å². The average Bonchev–Trinajstić information content (AvgIpc) is 2.72. The minimum atomic E-state index is -0.627. The predicted octanol–water partition coefficient (Wildman–Crippen LogP) is 3.51. The molecular weight excluding hydrogens is 391 g/mol. The Kier molecular flexibility index (Phi) is 6.35. The van der Waals surface area contributed by atoms with Gasteiger partial charge in [0, 0.05) is 0 Å². The summed E-state index contributed by atoms with van der Waals surface area (Å²) in [5.41, 5.74) is 1.93. The molecule has 3 aromatic carbocycles. The molecule has 0 radical (unpaired) electrons. The van der Waals surface area contributed by atoms with Gasteiger partial charge in [0.1, 0.15) is 0 Å². The van der Waals surface area contributed by atoms with Gasteiger partial charge in [-0.15, -0.1) is 0 Å². The quantitative estimate of drug-likeness (QED) is 0.603. The van der Waals surface area contributed by atoms with Gasteiger partial charge in [0.15, 0.2) is 0 Å². The first-order valence-electron chi connectivity index (χ1n) is 8.39. The Morgan fingerprint density at radius 3 is 1.92 bits per heavy atom. The summed E-state index contributed by atoms with van der Waals surface area (Å²) in [7, 11) is 3.30. The van der Waals surface area contributed by atoms with Gasteiger partial charge in [0.2, 0.25) is 0 Å². The van der Waals surface area contributed by atoms with Crippen molar-refractivity contribution in [3.8, 4) is 11.5 Å². The Balaban J connectivity index is 1.98. The van der Waals surface area contributed by atoms with E-state index < -0.39 is 6.10 Å². The van der Waals surface area contributed by atoms with Crippen LogP contribution in [0.25, 0.3) is 0 Å². The third-order valence-electron chi connectivity index (χ3n) is 4.15. The number of aliphatic hydroxyl groups excluding tert-OH is 1. The summed E-state index contributed by atoms with van der Waals surface area (Å²) in [5, 5.41) is 11.2. The molecule has 26 heavy (non-hydrogen) atoms. The zero-order valence-electron chi connectivity index (χ0n) is 14.8. The molecule has 0 bridgehead atoms. The van der Waals surface area contributed by atoms with Gasteiger partial charge in [-0.2, -0.15) is 0 Å². The van der Waals surface area contributed by atoms with Gasteiger partial charge in [0.05, 0.1) is 0 Å². The van der Waals surface area contributed by atoms with Gasteiger partial charge in [-0.25, -0.2) is 0 Å². The molecular formula is C22H22O3Se. The van der Waals surface area contributed by atoms with E-state index in [0.29, 0.717) is 0 Å². The van der Waals surface area contributed by atoms with E-state index in [1.165, 1.54) is 4.46 Å². The summed E-state index contributed by atoms with van der Waals surface area (Å²) >= 11 is 0.0517. The fourth-order valence-electron chi connectivity index (χ4n) is 2.78. The predicted molar refractivity (Wildman–Crippen MR) is 106 cm³/mol. The van der Waals surface area contributed by atoms with Gasteiger partial charge in [-0.1, -0.05) is 0 Å². The Hall–Kier alpha value is -2.26. The van der Waals surface area contributed by atoms with Crippen LogP contribution in [0.5, 0.6) is 11.5 Å². The van der Waals surface area contributed by atoms with Crippen molar-refractivity contribution in [3.05, 3.63) is 90.0 Å². The average molecular weight is 413 g/mol. The van der Waals surface area contributed by atoms with Crippen molar-refractivity contribution in [2.45, 2.75) is 10.9 Å². The monoisotopic (exact) mass is 414 g/mol. The number of benzene rings is 3. The molecule has 3 nitrogen and oxygen atoms in total. The normalized spacial score (nSPS) is 13.0. The van der Waals surface area contributed by atoms with Crippen LogP contribution in [-0.2, 0) is 0 Å². The van der Waals surface area contributed by atoms with Gasteiger partial charge >= 0.3 is 161 Å². The summed E-state index contributed by atoms with van der Waals surface area (Å²) < 4.78 is 11.9. The van der Waals surface area contributed by atoms with Crippen molar-refractivity contribution in [3.63, 3.8) is 0 Å². The third kappa shape index (κ3) is 4.47. The van der Waals surface area contributed by atoms with E-state index in [0.717, 1.165) is 22.6 Å². The maximum atomic E-state index is 11.2. The molecule has 0 spiro atoms. The van der Waals surface area contributed by atoms with Crippen LogP contribution in [0.2, 0.25) is 0 Å². The summed E-state index contributed by atoms with van der Waals surface area (Å²) in [6, 6.07) is 25.9. The first kappa shape index (κ1) is 18.5. The van der Waals surface area contributed by atoms with Crippen LogP contribution in [0.4, 0.5) is 0 Å². The van der Waals surface area contributed by atoms with Crippen molar-refractivity contribution in [2.75, 3.05) is 14.2 Å². The number of ether oxygens (including phenoxy) is 2. The molecule has 0 unspecified atom stereocenters. The summed E-state index contributed by atoms with van der Waals surface area (Å²) in [4.78, 5) is -0.0351. The molecule has 3 rings (SSSR count). The topological polar surface area (TPSA) is 38.7 Å². The maximum absolute atomic E-state index is 11.2. The second-order valence-electron chi connectivity index (χ2n) is 5.85. The van der Waals surface area contributed by atoms with E-state index >= 15 is 0 Å². The summed E-state index contributed by atoms with van der Waals surface area (Å²) in [6.07, 6.45) is -0.627. The molecule has 134 valence electrons. The fraction of sp³-hybridized carbons (Fsp3) is 0.182. The van der Waals surface area contributed by atoms with Crippen LogP contribution in [0, 0.1) is 0 Å². The van der Waals surface area contributed by atoms with Crippen LogP contribution in [-0.4, -0.2) is 34.3 Å². The van der Waals surface area contributed by atoms with Crippen molar-refractivity contribution in [1.82, 2.24) is 0 Å². The number of hydrogen-bond acceptors (Lipinski definition) is 3. The molecule has 0 saturated heterocycles. The van der Waals surface area contributed by atoms with E-state index in [4.69, 9.17) is 9.47 Å². The van der Waals surface area contributed by atoms with Crippen LogP contribution < -0.4 is 13.9 Å². The second-order valence-corrected chi connectivity index (χ2v) is 8.40. The van der Waals surface area contributed by atoms with Crippen molar-refractivity contribution >= 4 is 19.4 Å². The molecule has 4 heteroatoms. The van der Waals surface area contributed by atoms with Crippen molar-refractivity contribution in [1.29, 1.82) is 0 Å². The zero-order valence-corrected chi connectivity index (χ0v) is 16.5. The van der Waals surface area contributed by atoms with Crippen LogP contribution in [0.1, 0.15) is 22.0 Å². The van der Waals surface area contributed by atoms with Gasteiger partial charge in [0.25, 0.3) is 0 Å². The number of rotatable bonds is 7. The van der Waals surface area contributed by atoms with Crippen LogP contribution in [0.3, 0.4) is 0 Å².